The van der Waals surface area contributed by atoms with Crippen LogP contribution in [0.2, 0.25) is 0 Å². The molecule has 2 N–H and O–H groups in total. The molecule has 19 heavy (non-hydrogen) atoms. The molecule has 2 fully saturated rings. The van der Waals surface area contributed by atoms with E-state index in [2.05, 4.69) is 21.9 Å². The molecule has 0 amide bonds. The van der Waals surface area contributed by atoms with Gasteiger partial charge in [-0.25, -0.2) is 4.68 Å². The van der Waals surface area contributed by atoms with Gasteiger partial charge in [-0.2, -0.15) is 0 Å². The van der Waals surface area contributed by atoms with Crippen molar-refractivity contribution in [3.05, 3.63) is 5.69 Å². The molecule has 0 bridgehead atoms. The highest BCUT2D eigenvalue weighted by molar-refractivity contribution is 5.33. The van der Waals surface area contributed by atoms with Gasteiger partial charge in [-0.05, 0) is 32.1 Å². The van der Waals surface area contributed by atoms with E-state index in [0.717, 1.165) is 38.0 Å². The van der Waals surface area contributed by atoms with Gasteiger partial charge < -0.3 is 10.5 Å². The van der Waals surface area contributed by atoms with Crippen LogP contribution in [-0.4, -0.2) is 27.2 Å². The number of anilines is 1. The number of ether oxygens (including phenoxy) is 1. The van der Waals surface area contributed by atoms with E-state index in [0.29, 0.717) is 11.9 Å². The van der Waals surface area contributed by atoms with Crippen molar-refractivity contribution in [2.45, 2.75) is 69.9 Å². The van der Waals surface area contributed by atoms with Gasteiger partial charge in [-0.1, -0.05) is 31.4 Å². The van der Waals surface area contributed by atoms with Crippen molar-refractivity contribution in [2.75, 3.05) is 12.3 Å². The lowest BCUT2D eigenvalue weighted by Gasteiger charge is -2.38. The fourth-order valence-corrected chi connectivity index (χ4v) is 3.68. The first-order valence-corrected chi connectivity index (χ1v) is 7.57. The molecule has 1 atom stereocenters. The predicted octanol–water partition coefficient (Wildman–Crippen LogP) is 2.48. The maximum absolute atomic E-state index is 6.09. The van der Waals surface area contributed by atoms with Gasteiger partial charge in [-0.15, -0.1) is 5.10 Å². The summed E-state index contributed by atoms with van der Waals surface area (Å²) in [5.41, 5.74) is 7.19. The zero-order chi connectivity index (χ0) is 13.3. The third kappa shape index (κ3) is 2.36. The van der Waals surface area contributed by atoms with Gasteiger partial charge in [0, 0.05) is 6.61 Å². The number of nitrogen functional groups attached to an aromatic ring is 1. The zero-order valence-corrected chi connectivity index (χ0v) is 11.8. The van der Waals surface area contributed by atoms with Crippen LogP contribution in [0.3, 0.4) is 0 Å². The van der Waals surface area contributed by atoms with Gasteiger partial charge in [0.25, 0.3) is 0 Å². The van der Waals surface area contributed by atoms with E-state index in [1.54, 1.807) is 0 Å². The Kier molecular flexibility index (Phi) is 3.48. The Balaban J connectivity index is 1.81. The lowest BCUT2D eigenvalue weighted by Crippen LogP contribution is -2.38. The first-order chi connectivity index (χ1) is 9.24. The Morgan fingerprint density at radius 1 is 1.42 bits per heavy atom. The second-order valence-electron chi connectivity index (χ2n) is 6.00. The minimum absolute atomic E-state index is 0.118. The molecule has 1 aromatic rings. The molecule has 0 radical (unpaired) electrons. The Bertz CT molecular complexity index is 437. The summed E-state index contributed by atoms with van der Waals surface area (Å²) in [7, 11) is 0. The van der Waals surface area contributed by atoms with Gasteiger partial charge in [0.15, 0.2) is 5.82 Å². The second kappa shape index (κ2) is 5.12. The third-order valence-electron chi connectivity index (χ3n) is 4.64. The van der Waals surface area contributed by atoms with Gasteiger partial charge in [0.1, 0.15) is 0 Å². The highest BCUT2D eigenvalue weighted by Gasteiger charge is 2.41. The van der Waals surface area contributed by atoms with Crippen molar-refractivity contribution in [2.24, 2.45) is 0 Å². The molecule has 1 spiro atoms. The number of hydrogen-bond acceptors (Lipinski definition) is 4. The molecule has 1 unspecified atom stereocenters. The number of rotatable bonds is 3. The molecule has 3 rings (SSSR count). The molecule has 1 saturated carbocycles. The molecule has 1 saturated heterocycles. The number of hydrogen-bond donors (Lipinski definition) is 1. The van der Waals surface area contributed by atoms with Crippen molar-refractivity contribution in [3.8, 4) is 0 Å². The van der Waals surface area contributed by atoms with Crippen LogP contribution in [0.1, 0.15) is 63.6 Å². The Labute approximate surface area is 114 Å². The summed E-state index contributed by atoms with van der Waals surface area (Å²) in [5.74, 6) is 0.605. The molecule has 1 aromatic heterocycles. The number of nitrogens with zero attached hydrogens (tertiary/aromatic N) is 3. The average molecular weight is 264 g/mol. The molecule has 2 heterocycles. The minimum atomic E-state index is 0.118. The van der Waals surface area contributed by atoms with E-state index in [9.17, 15) is 0 Å². The van der Waals surface area contributed by atoms with Crippen LogP contribution in [-0.2, 0) is 11.2 Å². The molecule has 2 aliphatic rings. The standard InChI is InChI=1S/C14H24N4O/c1-2-5-12-13(15)16-17-18(12)11-6-9-19-14(10-11)7-3-4-8-14/h11H,2-10,15H2,1H3. The molecular weight excluding hydrogens is 240 g/mol. The van der Waals surface area contributed by atoms with Crippen molar-refractivity contribution in [1.29, 1.82) is 0 Å². The van der Waals surface area contributed by atoms with Crippen molar-refractivity contribution in [3.63, 3.8) is 0 Å². The van der Waals surface area contributed by atoms with E-state index < -0.39 is 0 Å². The summed E-state index contributed by atoms with van der Waals surface area (Å²) < 4.78 is 8.18. The zero-order valence-electron chi connectivity index (χ0n) is 11.8. The fraction of sp³-hybridized carbons (Fsp3) is 0.857. The topological polar surface area (TPSA) is 66.0 Å². The lowest BCUT2D eigenvalue weighted by molar-refractivity contribution is -0.0914. The summed E-state index contributed by atoms with van der Waals surface area (Å²) in [6, 6.07) is 0.415. The SMILES string of the molecule is CCCc1c(N)nnn1C1CCOC2(CCCC2)C1. The van der Waals surface area contributed by atoms with E-state index in [-0.39, 0.29) is 5.60 Å². The molecule has 0 aromatic carbocycles. The number of nitrogens with two attached hydrogens (primary N) is 1. The van der Waals surface area contributed by atoms with Crippen molar-refractivity contribution >= 4 is 5.82 Å². The molecule has 5 nitrogen and oxygen atoms in total. The average Bonchev–Trinajstić information content (AvgIpc) is 2.99. The van der Waals surface area contributed by atoms with Gasteiger partial charge in [0.2, 0.25) is 0 Å². The molecule has 106 valence electrons. The molecular formula is C14H24N4O. The maximum atomic E-state index is 6.09. The predicted molar refractivity (Wildman–Crippen MR) is 73.9 cm³/mol. The van der Waals surface area contributed by atoms with Crippen molar-refractivity contribution in [1.82, 2.24) is 15.0 Å². The van der Waals surface area contributed by atoms with Crippen LogP contribution in [0.15, 0.2) is 0 Å². The summed E-state index contributed by atoms with van der Waals surface area (Å²) in [6.45, 7) is 3.01. The Morgan fingerprint density at radius 3 is 2.95 bits per heavy atom. The minimum Gasteiger partial charge on any atom is -0.381 e. The maximum Gasteiger partial charge on any atom is 0.169 e. The Hall–Kier alpha value is -1.10. The van der Waals surface area contributed by atoms with Crippen molar-refractivity contribution < 1.29 is 4.74 Å². The van der Waals surface area contributed by atoms with E-state index in [1.165, 1.54) is 25.7 Å². The van der Waals surface area contributed by atoms with Crippen LogP contribution >= 0.6 is 0 Å². The summed E-state index contributed by atoms with van der Waals surface area (Å²) in [5, 5.41) is 8.37. The highest BCUT2D eigenvalue weighted by atomic mass is 16.5. The third-order valence-corrected chi connectivity index (χ3v) is 4.64. The summed E-state index contributed by atoms with van der Waals surface area (Å²) >= 11 is 0. The van der Waals surface area contributed by atoms with Gasteiger partial charge in [0.05, 0.1) is 17.3 Å². The second-order valence-corrected chi connectivity index (χ2v) is 6.00. The van der Waals surface area contributed by atoms with E-state index in [4.69, 9.17) is 10.5 Å². The number of aromatic nitrogens is 3. The van der Waals surface area contributed by atoms with E-state index in [1.807, 2.05) is 0 Å². The fourth-order valence-electron chi connectivity index (χ4n) is 3.68. The first-order valence-electron chi connectivity index (χ1n) is 7.57. The van der Waals surface area contributed by atoms with Gasteiger partial charge >= 0.3 is 0 Å². The quantitative estimate of drug-likeness (QED) is 0.910. The van der Waals surface area contributed by atoms with Crippen LogP contribution in [0.4, 0.5) is 5.82 Å². The van der Waals surface area contributed by atoms with E-state index >= 15 is 0 Å². The first kappa shape index (κ1) is 12.9. The smallest absolute Gasteiger partial charge is 0.169 e. The highest BCUT2D eigenvalue weighted by Crippen LogP contribution is 2.43. The normalized spacial score (nSPS) is 26.1. The van der Waals surface area contributed by atoms with Crippen LogP contribution in [0.25, 0.3) is 0 Å². The van der Waals surface area contributed by atoms with Gasteiger partial charge in [-0.3, -0.25) is 0 Å². The molecule has 1 aliphatic carbocycles. The summed E-state index contributed by atoms with van der Waals surface area (Å²) in [4.78, 5) is 0. The largest absolute Gasteiger partial charge is 0.381 e. The monoisotopic (exact) mass is 264 g/mol. The molecule has 5 heteroatoms. The van der Waals surface area contributed by atoms with Crippen LogP contribution in [0, 0.1) is 0 Å². The molecule has 1 aliphatic heterocycles. The van der Waals surface area contributed by atoms with Crippen LogP contribution < -0.4 is 5.73 Å². The Morgan fingerprint density at radius 2 is 2.21 bits per heavy atom. The van der Waals surface area contributed by atoms with Crippen LogP contribution in [0.5, 0.6) is 0 Å². The summed E-state index contributed by atoms with van der Waals surface area (Å²) in [6.07, 6.45) is 9.15. The lowest BCUT2D eigenvalue weighted by atomic mass is 9.89.